The van der Waals surface area contributed by atoms with Gasteiger partial charge < -0.3 is 16.8 Å². The first-order valence-electron chi connectivity index (χ1n) is 11.5. The first-order chi connectivity index (χ1) is 17.3. The van der Waals surface area contributed by atoms with Crippen molar-refractivity contribution in [1.29, 1.82) is 0 Å². The molecule has 0 spiro atoms. The van der Waals surface area contributed by atoms with Crippen LogP contribution in [0.25, 0.3) is 11.1 Å². The molecule has 2 atom stereocenters. The molecule has 186 valence electrons. The van der Waals surface area contributed by atoms with Crippen LogP contribution in [0.15, 0.2) is 102 Å². The lowest BCUT2D eigenvalue weighted by Gasteiger charge is -2.11. The standard InChI is InChI=1S/C20H17FN2O2S.C9H13N/c1-26(25)17-9-4-14(5-10-17)20(24)23-19-12-15(6-11-18(19)22)13-2-7-16(21)8-3-13;1-2-9(10)8-6-4-3-5-7-8/h2-12H,22H2,1H3,(H,23,24);3-7,9H,2,10H2,1H3. The van der Waals surface area contributed by atoms with Crippen LogP contribution in [-0.4, -0.2) is 16.4 Å². The highest BCUT2D eigenvalue weighted by molar-refractivity contribution is 7.84. The zero-order valence-corrected chi connectivity index (χ0v) is 21.1. The van der Waals surface area contributed by atoms with E-state index < -0.39 is 10.8 Å². The van der Waals surface area contributed by atoms with E-state index >= 15 is 0 Å². The minimum Gasteiger partial charge on any atom is -0.397 e. The number of nitrogens with one attached hydrogen (secondary N) is 1. The minimum absolute atomic E-state index is 0.209. The second kappa shape index (κ2) is 12.8. The van der Waals surface area contributed by atoms with E-state index in [2.05, 4.69) is 24.4 Å². The summed E-state index contributed by atoms with van der Waals surface area (Å²) in [5, 5.41) is 2.78. The second-order valence-corrected chi connectivity index (χ2v) is 9.55. The van der Waals surface area contributed by atoms with Gasteiger partial charge in [-0.15, -0.1) is 0 Å². The zero-order chi connectivity index (χ0) is 26.1. The molecule has 0 aliphatic rings. The van der Waals surface area contributed by atoms with E-state index in [1.165, 1.54) is 17.7 Å². The van der Waals surface area contributed by atoms with Gasteiger partial charge in [-0.3, -0.25) is 9.00 Å². The second-order valence-electron chi connectivity index (χ2n) is 8.17. The van der Waals surface area contributed by atoms with Crippen molar-refractivity contribution in [2.75, 3.05) is 17.3 Å². The summed E-state index contributed by atoms with van der Waals surface area (Å²) in [5.74, 6) is -0.629. The molecule has 0 saturated heterocycles. The summed E-state index contributed by atoms with van der Waals surface area (Å²) in [5.41, 5.74) is 16.0. The van der Waals surface area contributed by atoms with E-state index in [1.54, 1.807) is 54.8 Å². The first-order valence-corrected chi connectivity index (χ1v) is 13.0. The number of carbonyl (C=O) groups is 1. The van der Waals surface area contributed by atoms with Gasteiger partial charge >= 0.3 is 0 Å². The summed E-state index contributed by atoms with van der Waals surface area (Å²) in [6, 6.07) is 28.3. The van der Waals surface area contributed by atoms with E-state index in [9.17, 15) is 13.4 Å². The molecule has 0 bridgehead atoms. The molecule has 0 radical (unpaired) electrons. The van der Waals surface area contributed by atoms with Crippen LogP contribution < -0.4 is 16.8 Å². The third kappa shape index (κ3) is 7.34. The van der Waals surface area contributed by atoms with Gasteiger partial charge in [-0.2, -0.15) is 0 Å². The molecule has 7 heteroatoms. The Morgan fingerprint density at radius 3 is 2.11 bits per heavy atom. The number of hydrogen-bond donors (Lipinski definition) is 3. The van der Waals surface area contributed by atoms with E-state index in [0.717, 1.165) is 17.5 Å². The lowest BCUT2D eigenvalue weighted by molar-refractivity contribution is 0.102. The van der Waals surface area contributed by atoms with Gasteiger partial charge in [0.1, 0.15) is 5.82 Å². The highest BCUT2D eigenvalue weighted by atomic mass is 32.2. The molecule has 0 aliphatic carbocycles. The summed E-state index contributed by atoms with van der Waals surface area (Å²) in [4.78, 5) is 13.1. The monoisotopic (exact) mass is 503 g/mol. The third-order valence-electron chi connectivity index (χ3n) is 5.60. The number of halogens is 1. The first kappa shape index (κ1) is 26.8. The van der Waals surface area contributed by atoms with Crippen LogP contribution in [-0.2, 0) is 10.8 Å². The van der Waals surface area contributed by atoms with E-state index in [1.807, 2.05) is 24.3 Å². The normalized spacial score (nSPS) is 12.1. The molecule has 0 fully saturated rings. The summed E-state index contributed by atoms with van der Waals surface area (Å²) in [6.07, 6.45) is 2.58. The van der Waals surface area contributed by atoms with Crippen molar-refractivity contribution in [2.45, 2.75) is 24.3 Å². The fourth-order valence-electron chi connectivity index (χ4n) is 3.41. The molecule has 4 rings (SSSR count). The SMILES string of the molecule is CCC(N)c1ccccc1.CS(=O)c1ccc(C(=O)Nc2cc(-c3ccc(F)cc3)ccc2N)cc1. The van der Waals surface area contributed by atoms with Gasteiger partial charge in [-0.1, -0.05) is 55.5 Å². The number of carbonyl (C=O) groups excluding carboxylic acids is 1. The number of nitrogens with two attached hydrogens (primary N) is 2. The Bertz CT molecular complexity index is 1310. The van der Waals surface area contributed by atoms with Crippen molar-refractivity contribution in [1.82, 2.24) is 0 Å². The molecule has 0 heterocycles. The summed E-state index contributed by atoms with van der Waals surface area (Å²) in [7, 11) is -1.10. The number of benzene rings is 4. The largest absolute Gasteiger partial charge is 0.397 e. The quantitative estimate of drug-likeness (QED) is 0.274. The Hall–Kier alpha value is -3.81. The van der Waals surface area contributed by atoms with Gasteiger partial charge in [0.25, 0.3) is 5.91 Å². The van der Waals surface area contributed by atoms with E-state index in [4.69, 9.17) is 11.5 Å². The number of hydrogen-bond acceptors (Lipinski definition) is 4. The van der Waals surface area contributed by atoms with Gasteiger partial charge in [-0.05, 0) is 71.6 Å². The van der Waals surface area contributed by atoms with Crippen LogP contribution in [0.5, 0.6) is 0 Å². The maximum absolute atomic E-state index is 13.1. The van der Waals surface area contributed by atoms with Crippen LogP contribution >= 0.6 is 0 Å². The van der Waals surface area contributed by atoms with Gasteiger partial charge in [0.05, 0.1) is 11.4 Å². The molecule has 36 heavy (non-hydrogen) atoms. The van der Waals surface area contributed by atoms with Crippen molar-refractivity contribution in [3.63, 3.8) is 0 Å². The topological polar surface area (TPSA) is 98.2 Å². The van der Waals surface area contributed by atoms with Gasteiger partial charge in [-0.25, -0.2) is 4.39 Å². The van der Waals surface area contributed by atoms with Crippen LogP contribution in [0.1, 0.15) is 35.3 Å². The summed E-state index contributed by atoms with van der Waals surface area (Å²) in [6.45, 7) is 2.09. The Balaban J connectivity index is 0.000000303. The highest BCUT2D eigenvalue weighted by Gasteiger charge is 2.10. The maximum atomic E-state index is 13.1. The Kier molecular flexibility index (Phi) is 9.50. The summed E-state index contributed by atoms with van der Waals surface area (Å²) < 4.78 is 24.5. The lowest BCUT2D eigenvalue weighted by Crippen LogP contribution is -2.13. The van der Waals surface area contributed by atoms with Crippen molar-refractivity contribution in [3.05, 3.63) is 114 Å². The fourth-order valence-corrected chi connectivity index (χ4v) is 3.93. The lowest BCUT2D eigenvalue weighted by atomic mass is 10.0. The Morgan fingerprint density at radius 1 is 0.917 bits per heavy atom. The summed E-state index contributed by atoms with van der Waals surface area (Å²) >= 11 is 0. The molecular weight excluding hydrogens is 473 g/mol. The predicted octanol–water partition coefficient (Wildman–Crippen LogP) is 6.16. The third-order valence-corrected chi connectivity index (χ3v) is 6.53. The predicted molar refractivity (Wildman–Crippen MR) is 147 cm³/mol. The minimum atomic E-state index is -1.10. The Labute approximate surface area is 213 Å². The van der Waals surface area contributed by atoms with Crippen LogP contribution in [0, 0.1) is 5.82 Å². The van der Waals surface area contributed by atoms with Crippen molar-refractivity contribution in [3.8, 4) is 11.1 Å². The fraction of sp³-hybridized carbons (Fsp3) is 0.138. The number of anilines is 2. The van der Waals surface area contributed by atoms with Gasteiger partial charge in [0.2, 0.25) is 0 Å². The number of nitrogen functional groups attached to an aromatic ring is 1. The molecule has 5 nitrogen and oxygen atoms in total. The molecule has 4 aromatic rings. The molecular formula is C29H30FN3O2S. The molecule has 0 saturated carbocycles. The number of amides is 1. The molecule has 0 aliphatic heterocycles. The van der Waals surface area contributed by atoms with E-state index in [0.29, 0.717) is 21.8 Å². The average Bonchev–Trinajstić information content (AvgIpc) is 2.91. The molecule has 0 aromatic heterocycles. The number of rotatable bonds is 6. The van der Waals surface area contributed by atoms with Crippen molar-refractivity contribution >= 4 is 28.1 Å². The van der Waals surface area contributed by atoms with Gasteiger partial charge in [0.15, 0.2) is 0 Å². The molecule has 5 N–H and O–H groups in total. The molecule has 2 unspecified atom stereocenters. The maximum Gasteiger partial charge on any atom is 0.255 e. The Morgan fingerprint density at radius 2 is 1.53 bits per heavy atom. The molecule has 4 aromatic carbocycles. The molecule has 1 amide bonds. The average molecular weight is 504 g/mol. The van der Waals surface area contributed by atoms with E-state index in [-0.39, 0.29) is 17.8 Å². The smallest absolute Gasteiger partial charge is 0.255 e. The van der Waals surface area contributed by atoms with Crippen LogP contribution in [0.4, 0.5) is 15.8 Å². The van der Waals surface area contributed by atoms with Crippen LogP contribution in [0.2, 0.25) is 0 Å². The zero-order valence-electron chi connectivity index (χ0n) is 20.3. The van der Waals surface area contributed by atoms with Crippen molar-refractivity contribution in [2.24, 2.45) is 5.73 Å². The highest BCUT2D eigenvalue weighted by Crippen LogP contribution is 2.28. The van der Waals surface area contributed by atoms with Crippen molar-refractivity contribution < 1.29 is 13.4 Å². The van der Waals surface area contributed by atoms with Crippen LogP contribution in [0.3, 0.4) is 0 Å². The van der Waals surface area contributed by atoms with Gasteiger partial charge in [0, 0.05) is 33.6 Å².